The van der Waals surface area contributed by atoms with E-state index in [1.54, 1.807) is 6.07 Å². The third-order valence-electron chi connectivity index (χ3n) is 6.59. The number of sulfonamides is 1. The fourth-order valence-corrected chi connectivity index (χ4v) is 6.20. The Morgan fingerprint density at radius 2 is 1.69 bits per heavy atom. The van der Waals surface area contributed by atoms with Crippen LogP contribution in [-0.4, -0.2) is 38.8 Å². The third kappa shape index (κ3) is 4.69. The molecule has 0 bridgehead atoms. The lowest BCUT2D eigenvalue weighted by Gasteiger charge is -2.26. The molecule has 1 aliphatic heterocycles. The lowest BCUT2D eigenvalue weighted by atomic mass is 9.89. The Kier molecular flexibility index (Phi) is 6.86. The highest BCUT2D eigenvalue weighted by atomic mass is 32.2. The second-order valence-electron chi connectivity index (χ2n) is 8.76. The summed E-state index contributed by atoms with van der Waals surface area (Å²) in [7, 11) is -2.15. The summed E-state index contributed by atoms with van der Waals surface area (Å²) in [6.07, 6.45) is 7.40. The number of methoxy groups -OCH3 is 1. The van der Waals surface area contributed by atoms with Gasteiger partial charge in [0.1, 0.15) is 5.75 Å². The van der Waals surface area contributed by atoms with Gasteiger partial charge in [-0.1, -0.05) is 24.6 Å². The van der Waals surface area contributed by atoms with Crippen LogP contribution in [0.1, 0.15) is 72.1 Å². The van der Waals surface area contributed by atoms with Crippen molar-refractivity contribution in [2.45, 2.75) is 62.8 Å². The molecule has 1 N–H and O–H groups in total. The van der Waals surface area contributed by atoms with Gasteiger partial charge in [0.2, 0.25) is 10.0 Å². The molecule has 1 saturated heterocycles. The van der Waals surface area contributed by atoms with Crippen LogP contribution in [-0.2, 0) is 22.9 Å². The van der Waals surface area contributed by atoms with E-state index in [0.29, 0.717) is 18.8 Å². The maximum atomic E-state index is 13.2. The second kappa shape index (κ2) is 9.63. The first-order chi connectivity index (χ1) is 15.4. The molecule has 1 amide bonds. The quantitative estimate of drug-likeness (QED) is 0.705. The minimum atomic E-state index is -3.64. The maximum Gasteiger partial charge on any atom is 0.255 e. The van der Waals surface area contributed by atoms with Crippen LogP contribution < -0.4 is 10.1 Å². The van der Waals surface area contributed by atoms with E-state index >= 15 is 0 Å². The molecule has 0 saturated carbocycles. The van der Waals surface area contributed by atoms with Crippen LogP contribution in [0, 0.1) is 0 Å². The highest BCUT2D eigenvalue weighted by molar-refractivity contribution is 7.89. The fraction of sp³-hybridized carbons (Fsp3) is 0.480. The van der Waals surface area contributed by atoms with Crippen molar-refractivity contribution in [1.29, 1.82) is 0 Å². The second-order valence-corrected chi connectivity index (χ2v) is 10.7. The minimum absolute atomic E-state index is 0.131. The Balaban J connectivity index is 1.56. The van der Waals surface area contributed by atoms with E-state index in [9.17, 15) is 13.2 Å². The summed E-state index contributed by atoms with van der Waals surface area (Å²) in [5.41, 5.74) is 4.04. The maximum absolute atomic E-state index is 13.2. The average molecular weight is 457 g/mol. The summed E-state index contributed by atoms with van der Waals surface area (Å²) >= 11 is 0. The summed E-state index contributed by atoms with van der Waals surface area (Å²) < 4.78 is 33.1. The van der Waals surface area contributed by atoms with Gasteiger partial charge in [-0.3, -0.25) is 4.79 Å². The zero-order valence-electron chi connectivity index (χ0n) is 18.9. The summed E-state index contributed by atoms with van der Waals surface area (Å²) in [6, 6.07) is 10.7. The molecule has 1 heterocycles. The monoisotopic (exact) mass is 456 g/mol. The molecule has 32 heavy (non-hydrogen) atoms. The first-order valence-electron chi connectivity index (χ1n) is 11.5. The lowest BCUT2D eigenvalue weighted by Crippen LogP contribution is -2.35. The van der Waals surface area contributed by atoms with Crippen molar-refractivity contribution in [2.24, 2.45) is 0 Å². The molecular weight excluding hydrogens is 424 g/mol. The molecule has 1 atom stereocenters. The number of carbonyl (C=O) groups excluding carboxylic acids is 1. The molecule has 2 aliphatic rings. The van der Waals surface area contributed by atoms with Gasteiger partial charge in [-0.05, 0) is 80.3 Å². The number of nitrogens with one attached hydrogen (secondary N) is 1. The number of ether oxygens (including phenoxy) is 1. The van der Waals surface area contributed by atoms with Crippen molar-refractivity contribution in [3.63, 3.8) is 0 Å². The zero-order valence-corrected chi connectivity index (χ0v) is 19.7. The molecule has 0 spiro atoms. The van der Waals surface area contributed by atoms with Gasteiger partial charge in [-0.25, -0.2) is 8.42 Å². The van der Waals surface area contributed by atoms with Crippen molar-refractivity contribution in [3.05, 3.63) is 58.7 Å². The number of hydrogen-bond donors (Lipinski definition) is 1. The standard InChI is InChI=1S/C25H32N2O4S/c1-18(20-11-10-19-8-4-5-9-21(19)16-20)26-25(28)23-17-22(12-13-24(23)31-2)32(29,30)27-14-6-3-7-15-27/h10-13,16-18H,3-9,14-15H2,1-2H3,(H,26,28)/t18-/m1/s1. The molecule has 2 aromatic carbocycles. The van der Waals surface area contributed by atoms with Gasteiger partial charge in [0, 0.05) is 13.1 Å². The first kappa shape index (κ1) is 22.8. The van der Waals surface area contributed by atoms with E-state index in [-0.39, 0.29) is 22.4 Å². The van der Waals surface area contributed by atoms with Crippen molar-refractivity contribution >= 4 is 15.9 Å². The van der Waals surface area contributed by atoms with Crippen LogP contribution in [0.5, 0.6) is 5.75 Å². The van der Waals surface area contributed by atoms with E-state index < -0.39 is 10.0 Å². The van der Waals surface area contributed by atoms with Gasteiger partial charge >= 0.3 is 0 Å². The van der Waals surface area contributed by atoms with Crippen LogP contribution in [0.15, 0.2) is 41.3 Å². The third-order valence-corrected chi connectivity index (χ3v) is 8.48. The van der Waals surface area contributed by atoms with Gasteiger partial charge in [0.05, 0.1) is 23.6 Å². The largest absolute Gasteiger partial charge is 0.496 e. The van der Waals surface area contributed by atoms with Crippen molar-refractivity contribution in [1.82, 2.24) is 9.62 Å². The Morgan fingerprint density at radius 1 is 0.969 bits per heavy atom. The number of piperidine rings is 1. The highest BCUT2D eigenvalue weighted by Gasteiger charge is 2.28. The molecule has 7 heteroatoms. The van der Waals surface area contributed by atoms with E-state index in [1.807, 2.05) is 6.92 Å². The van der Waals surface area contributed by atoms with Gasteiger partial charge in [0.25, 0.3) is 5.91 Å². The number of aryl methyl sites for hydroxylation is 2. The molecular formula is C25H32N2O4S. The molecule has 1 fully saturated rings. The summed E-state index contributed by atoms with van der Waals surface area (Å²) in [6.45, 7) is 2.99. The number of amides is 1. The topological polar surface area (TPSA) is 75.7 Å². The molecule has 1 aliphatic carbocycles. The van der Waals surface area contributed by atoms with Crippen molar-refractivity contribution < 1.29 is 17.9 Å². The molecule has 0 aromatic heterocycles. The molecule has 2 aromatic rings. The number of nitrogens with zero attached hydrogens (tertiary/aromatic N) is 1. The van der Waals surface area contributed by atoms with Crippen LogP contribution >= 0.6 is 0 Å². The number of fused-ring (bicyclic) bond motifs is 1. The van der Waals surface area contributed by atoms with Crippen molar-refractivity contribution in [3.8, 4) is 5.75 Å². The summed E-state index contributed by atoms with van der Waals surface area (Å²) in [5, 5.41) is 3.02. The molecule has 6 nitrogen and oxygen atoms in total. The normalized spacial score (nSPS) is 17.9. The zero-order chi connectivity index (χ0) is 22.7. The van der Waals surface area contributed by atoms with Gasteiger partial charge < -0.3 is 10.1 Å². The summed E-state index contributed by atoms with van der Waals surface area (Å²) in [4.78, 5) is 13.3. The predicted octanol–water partition coefficient (Wildman–Crippen LogP) is 4.24. The van der Waals surface area contributed by atoms with Gasteiger partial charge in [0.15, 0.2) is 0 Å². The number of carbonyl (C=O) groups is 1. The smallest absolute Gasteiger partial charge is 0.255 e. The minimum Gasteiger partial charge on any atom is -0.496 e. The molecule has 0 radical (unpaired) electrons. The van der Waals surface area contributed by atoms with Gasteiger partial charge in [-0.2, -0.15) is 4.31 Å². The fourth-order valence-electron chi connectivity index (χ4n) is 4.66. The lowest BCUT2D eigenvalue weighted by molar-refractivity contribution is 0.0936. The molecule has 0 unspecified atom stereocenters. The van der Waals surface area contributed by atoms with E-state index in [1.165, 1.54) is 47.5 Å². The first-order valence-corrected chi connectivity index (χ1v) is 12.9. The van der Waals surface area contributed by atoms with Crippen molar-refractivity contribution in [2.75, 3.05) is 20.2 Å². The Labute approximate surface area is 191 Å². The number of rotatable bonds is 6. The highest BCUT2D eigenvalue weighted by Crippen LogP contribution is 2.28. The van der Waals surface area contributed by atoms with E-state index in [4.69, 9.17) is 4.74 Å². The Hall–Kier alpha value is -2.38. The van der Waals surface area contributed by atoms with Crippen LogP contribution in [0.2, 0.25) is 0 Å². The number of hydrogen-bond acceptors (Lipinski definition) is 4. The number of benzene rings is 2. The SMILES string of the molecule is COc1ccc(S(=O)(=O)N2CCCCC2)cc1C(=O)N[C@H](C)c1ccc2c(c1)CCCC2. The van der Waals surface area contributed by atoms with Crippen LogP contribution in [0.3, 0.4) is 0 Å². The van der Waals surface area contributed by atoms with E-state index in [0.717, 1.165) is 37.7 Å². The van der Waals surface area contributed by atoms with Crippen LogP contribution in [0.25, 0.3) is 0 Å². The van der Waals surface area contributed by atoms with Gasteiger partial charge in [-0.15, -0.1) is 0 Å². The van der Waals surface area contributed by atoms with Crippen LogP contribution in [0.4, 0.5) is 0 Å². The average Bonchev–Trinajstić information content (AvgIpc) is 2.83. The predicted molar refractivity (Wildman–Crippen MR) is 125 cm³/mol. The molecule has 172 valence electrons. The summed E-state index contributed by atoms with van der Waals surface area (Å²) in [5.74, 6) is 0.0144. The molecule has 4 rings (SSSR count). The van der Waals surface area contributed by atoms with E-state index in [2.05, 4.69) is 23.5 Å². The Morgan fingerprint density at radius 3 is 2.41 bits per heavy atom. The Bertz CT molecular complexity index is 1090.